The number of rotatable bonds is 6. The number of likely N-dealkylation sites (tertiary alicyclic amines) is 2. The molecule has 0 aliphatic carbocycles. The summed E-state index contributed by atoms with van der Waals surface area (Å²) in [6, 6.07) is 16.2. The van der Waals surface area contributed by atoms with Crippen molar-refractivity contribution in [2.24, 2.45) is 5.92 Å². The minimum absolute atomic E-state index is 0.0428. The molecule has 1 aromatic carbocycles. The largest absolute Gasteiger partial charge is 0.352 e. The van der Waals surface area contributed by atoms with Crippen LogP contribution in [-0.4, -0.2) is 69.0 Å². The maximum atomic E-state index is 12.9. The molecule has 8 heteroatoms. The number of aromatic nitrogens is 3. The van der Waals surface area contributed by atoms with E-state index in [0.29, 0.717) is 31.6 Å². The van der Waals surface area contributed by atoms with E-state index in [1.807, 2.05) is 18.2 Å². The Morgan fingerprint density at radius 2 is 1.76 bits per heavy atom. The van der Waals surface area contributed by atoms with E-state index < -0.39 is 0 Å². The van der Waals surface area contributed by atoms with Gasteiger partial charge in [0.25, 0.3) is 5.91 Å². The topological polar surface area (TPSA) is 94.2 Å². The monoisotopic (exact) mass is 458 g/mol. The molecule has 176 valence electrons. The highest BCUT2D eigenvalue weighted by Gasteiger charge is 2.31. The van der Waals surface area contributed by atoms with Gasteiger partial charge in [0.15, 0.2) is 5.69 Å². The first kappa shape index (κ1) is 22.3. The summed E-state index contributed by atoms with van der Waals surface area (Å²) in [6.45, 7) is 3.94. The number of hydrogen-bond acceptors (Lipinski definition) is 5. The summed E-state index contributed by atoms with van der Waals surface area (Å²) >= 11 is 0. The molecule has 0 radical (unpaired) electrons. The number of nitrogens with zero attached hydrogens (tertiary/aromatic N) is 4. The molecule has 3 aromatic rings. The number of aromatic amines is 1. The Kier molecular flexibility index (Phi) is 6.67. The number of nitrogens with one attached hydrogen (secondary N) is 2. The van der Waals surface area contributed by atoms with E-state index >= 15 is 0 Å². The van der Waals surface area contributed by atoms with Crippen molar-refractivity contribution in [3.63, 3.8) is 0 Å². The Morgan fingerprint density at radius 3 is 2.53 bits per heavy atom. The van der Waals surface area contributed by atoms with Gasteiger partial charge in [-0.1, -0.05) is 30.3 Å². The van der Waals surface area contributed by atoms with Gasteiger partial charge >= 0.3 is 0 Å². The lowest BCUT2D eigenvalue weighted by Gasteiger charge is -2.31. The molecule has 2 aromatic heterocycles. The van der Waals surface area contributed by atoms with Gasteiger partial charge in [0.2, 0.25) is 5.91 Å². The molecule has 2 aliphatic rings. The third-order valence-electron chi connectivity index (χ3n) is 6.81. The summed E-state index contributed by atoms with van der Waals surface area (Å²) in [5.41, 5.74) is 3.43. The maximum Gasteiger partial charge on any atom is 0.274 e. The third-order valence-corrected chi connectivity index (χ3v) is 6.81. The zero-order valence-corrected chi connectivity index (χ0v) is 19.2. The Hall–Kier alpha value is -3.52. The number of amides is 2. The standard InChI is InChI=1S/C26H30N6O2/c33-25(28-22-10-13-31(18-22)17-19-4-2-1-3-5-19)21-8-14-32(15-9-21)26(34)24-16-23(29-30-24)20-6-11-27-12-7-20/h1-7,11-12,16,21-22H,8-10,13-15,17-18H2,(H,28,33)(H,29,30)/t22-/m1/s1. The quantitative estimate of drug-likeness (QED) is 0.592. The van der Waals surface area contributed by atoms with Crippen molar-refractivity contribution in [2.45, 2.75) is 31.8 Å². The summed E-state index contributed by atoms with van der Waals surface area (Å²) in [4.78, 5) is 34.0. The predicted octanol–water partition coefficient (Wildman–Crippen LogP) is 2.71. The first-order chi connectivity index (χ1) is 16.7. The maximum absolute atomic E-state index is 12.9. The van der Waals surface area contributed by atoms with Crippen LogP contribution in [-0.2, 0) is 11.3 Å². The molecule has 0 unspecified atom stereocenters. The molecule has 2 fully saturated rings. The van der Waals surface area contributed by atoms with Gasteiger partial charge in [0.1, 0.15) is 0 Å². The number of benzene rings is 1. The third kappa shape index (κ3) is 5.17. The number of piperidine rings is 1. The number of pyridine rings is 1. The van der Waals surface area contributed by atoms with Crippen molar-refractivity contribution in [3.8, 4) is 11.3 Å². The van der Waals surface area contributed by atoms with Crippen molar-refractivity contribution in [2.75, 3.05) is 26.2 Å². The number of H-pyrrole nitrogens is 1. The summed E-state index contributed by atoms with van der Waals surface area (Å²) < 4.78 is 0. The Morgan fingerprint density at radius 1 is 1.00 bits per heavy atom. The Labute approximate surface area is 199 Å². The molecule has 2 amide bonds. The summed E-state index contributed by atoms with van der Waals surface area (Å²) in [5.74, 6) is -0.0139. The second kappa shape index (κ2) is 10.2. The van der Waals surface area contributed by atoms with Crippen LogP contribution >= 0.6 is 0 Å². The highest BCUT2D eigenvalue weighted by molar-refractivity contribution is 5.93. The first-order valence-corrected chi connectivity index (χ1v) is 12.0. The van der Waals surface area contributed by atoms with Gasteiger partial charge < -0.3 is 10.2 Å². The molecule has 5 rings (SSSR count). The molecule has 34 heavy (non-hydrogen) atoms. The fourth-order valence-electron chi connectivity index (χ4n) is 4.87. The van der Waals surface area contributed by atoms with E-state index in [1.54, 1.807) is 23.4 Å². The van der Waals surface area contributed by atoms with E-state index in [0.717, 1.165) is 37.3 Å². The van der Waals surface area contributed by atoms with Crippen LogP contribution in [0.1, 0.15) is 35.3 Å². The molecule has 4 heterocycles. The van der Waals surface area contributed by atoms with Crippen LogP contribution in [0.2, 0.25) is 0 Å². The lowest BCUT2D eigenvalue weighted by Crippen LogP contribution is -2.46. The van der Waals surface area contributed by atoms with E-state index in [4.69, 9.17) is 0 Å². The van der Waals surface area contributed by atoms with Crippen molar-refractivity contribution < 1.29 is 9.59 Å². The van der Waals surface area contributed by atoms with Crippen molar-refractivity contribution in [3.05, 3.63) is 72.2 Å². The SMILES string of the molecule is O=C(N[C@@H]1CCN(Cc2ccccc2)C1)C1CCN(C(=O)c2cc(-c3ccncc3)[nH]n2)CC1. The highest BCUT2D eigenvalue weighted by Crippen LogP contribution is 2.22. The van der Waals surface area contributed by atoms with Crippen molar-refractivity contribution in [1.29, 1.82) is 0 Å². The van der Waals surface area contributed by atoms with Gasteiger partial charge in [-0.3, -0.25) is 24.6 Å². The fraction of sp³-hybridized carbons (Fsp3) is 0.385. The molecule has 0 spiro atoms. The van der Waals surface area contributed by atoms with Crippen LogP contribution in [0.5, 0.6) is 0 Å². The minimum atomic E-state index is -0.0947. The van der Waals surface area contributed by atoms with Gasteiger partial charge in [-0.05, 0) is 43.0 Å². The average Bonchev–Trinajstić information content (AvgIpc) is 3.55. The van der Waals surface area contributed by atoms with Crippen molar-refractivity contribution in [1.82, 2.24) is 30.3 Å². The first-order valence-electron chi connectivity index (χ1n) is 12.0. The van der Waals surface area contributed by atoms with E-state index in [2.05, 4.69) is 49.7 Å². The second-order valence-electron chi connectivity index (χ2n) is 9.18. The minimum Gasteiger partial charge on any atom is -0.352 e. The Balaban J connectivity index is 1.08. The van der Waals surface area contributed by atoms with Crippen LogP contribution < -0.4 is 5.32 Å². The van der Waals surface area contributed by atoms with Crippen molar-refractivity contribution >= 4 is 11.8 Å². The predicted molar refractivity (Wildman–Crippen MR) is 129 cm³/mol. The molecule has 2 aliphatic heterocycles. The van der Waals surface area contributed by atoms with Crippen LogP contribution in [0.4, 0.5) is 0 Å². The molecule has 8 nitrogen and oxygen atoms in total. The lowest BCUT2D eigenvalue weighted by molar-refractivity contribution is -0.126. The molecular weight excluding hydrogens is 428 g/mol. The van der Waals surface area contributed by atoms with Crippen LogP contribution in [0.15, 0.2) is 60.9 Å². The molecule has 2 saturated heterocycles. The fourth-order valence-corrected chi connectivity index (χ4v) is 4.87. The second-order valence-corrected chi connectivity index (χ2v) is 9.18. The highest BCUT2D eigenvalue weighted by atomic mass is 16.2. The summed E-state index contributed by atoms with van der Waals surface area (Å²) in [7, 11) is 0. The van der Waals surface area contributed by atoms with E-state index in [9.17, 15) is 9.59 Å². The van der Waals surface area contributed by atoms with Gasteiger partial charge in [-0.2, -0.15) is 5.10 Å². The normalized spacial score (nSPS) is 19.3. The zero-order valence-electron chi connectivity index (χ0n) is 19.2. The van der Waals surface area contributed by atoms with Gasteiger partial charge in [-0.15, -0.1) is 0 Å². The van der Waals surface area contributed by atoms with Crippen LogP contribution in [0, 0.1) is 5.92 Å². The molecular formula is C26H30N6O2. The van der Waals surface area contributed by atoms with Gasteiger partial charge in [0, 0.05) is 62.6 Å². The summed E-state index contributed by atoms with van der Waals surface area (Å²) in [5, 5.41) is 10.4. The molecule has 2 N–H and O–H groups in total. The van der Waals surface area contributed by atoms with Crippen LogP contribution in [0.3, 0.4) is 0 Å². The smallest absolute Gasteiger partial charge is 0.274 e. The summed E-state index contributed by atoms with van der Waals surface area (Å²) in [6.07, 6.45) is 5.76. The van der Waals surface area contributed by atoms with E-state index in [1.165, 1.54) is 5.56 Å². The number of carbonyl (C=O) groups excluding carboxylic acids is 2. The number of hydrogen-bond donors (Lipinski definition) is 2. The number of carbonyl (C=O) groups is 2. The zero-order chi connectivity index (χ0) is 23.3. The molecule has 0 saturated carbocycles. The molecule has 1 atom stereocenters. The molecule has 0 bridgehead atoms. The van der Waals surface area contributed by atoms with Gasteiger partial charge in [0.05, 0.1) is 5.69 Å². The average molecular weight is 459 g/mol. The lowest BCUT2D eigenvalue weighted by atomic mass is 9.95. The van der Waals surface area contributed by atoms with Gasteiger partial charge in [-0.25, -0.2) is 0 Å². The van der Waals surface area contributed by atoms with E-state index in [-0.39, 0.29) is 23.8 Å². The van der Waals surface area contributed by atoms with Crippen LogP contribution in [0.25, 0.3) is 11.3 Å². The Bertz CT molecular complexity index is 1110.